The molecule has 2 aromatic carbocycles. The molecule has 2 aromatic rings. The lowest BCUT2D eigenvalue weighted by Crippen LogP contribution is -2.34. The molecule has 0 fully saturated rings. The predicted octanol–water partition coefficient (Wildman–Crippen LogP) is 4.49. The molecule has 0 saturated carbocycles. The van der Waals surface area contributed by atoms with Crippen molar-refractivity contribution < 1.29 is 22.8 Å². The summed E-state index contributed by atoms with van der Waals surface area (Å²) < 4.78 is 37.6. The quantitative estimate of drug-likeness (QED) is 0.747. The van der Waals surface area contributed by atoms with Crippen molar-refractivity contribution in [3.63, 3.8) is 0 Å². The predicted molar refractivity (Wildman–Crippen MR) is 93.1 cm³/mol. The van der Waals surface area contributed by atoms with E-state index in [9.17, 15) is 22.8 Å². The topological polar surface area (TPSA) is 70.2 Å². The third kappa shape index (κ3) is 5.51. The number of anilines is 2. The molecule has 2 rings (SSSR count). The smallest absolute Gasteiger partial charge is 0.336 e. The van der Waals surface area contributed by atoms with Crippen LogP contribution in [0.5, 0.6) is 0 Å². The molecule has 0 aliphatic carbocycles. The SMILES string of the molecule is CC(C)NC(=O)Nc1cccc(C(=O)Nc2ccc(C(F)(F)F)cc2)c1. The van der Waals surface area contributed by atoms with Gasteiger partial charge >= 0.3 is 12.2 Å². The summed E-state index contributed by atoms with van der Waals surface area (Å²) >= 11 is 0. The van der Waals surface area contributed by atoms with Gasteiger partial charge in [-0.05, 0) is 56.3 Å². The molecule has 0 unspecified atom stereocenters. The summed E-state index contributed by atoms with van der Waals surface area (Å²) in [6.07, 6.45) is -4.43. The number of alkyl halides is 3. The maximum atomic E-state index is 12.5. The molecule has 138 valence electrons. The number of nitrogens with one attached hydrogen (secondary N) is 3. The van der Waals surface area contributed by atoms with Crippen LogP contribution < -0.4 is 16.0 Å². The number of urea groups is 1. The molecule has 0 aliphatic heterocycles. The average molecular weight is 365 g/mol. The zero-order valence-corrected chi connectivity index (χ0v) is 14.1. The van der Waals surface area contributed by atoms with Gasteiger partial charge in [0.15, 0.2) is 0 Å². The van der Waals surface area contributed by atoms with E-state index in [0.29, 0.717) is 5.69 Å². The number of benzene rings is 2. The van der Waals surface area contributed by atoms with Crippen LogP contribution in [0.15, 0.2) is 48.5 Å². The number of rotatable bonds is 4. The number of carbonyl (C=O) groups excluding carboxylic acids is 2. The van der Waals surface area contributed by atoms with Crippen molar-refractivity contribution in [2.24, 2.45) is 0 Å². The van der Waals surface area contributed by atoms with Gasteiger partial charge in [0.2, 0.25) is 0 Å². The molecule has 26 heavy (non-hydrogen) atoms. The van der Waals surface area contributed by atoms with Crippen LogP contribution in [-0.2, 0) is 6.18 Å². The Morgan fingerprint density at radius 3 is 2.15 bits per heavy atom. The van der Waals surface area contributed by atoms with E-state index in [1.807, 2.05) is 13.8 Å². The first-order chi connectivity index (χ1) is 12.1. The van der Waals surface area contributed by atoms with Gasteiger partial charge in [0, 0.05) is 23.0 Å². The molecule has 5 nitrogen and oxygen atoms in total. The van der Waals surface area contributed by atoms with Gasteiger partial charge in [-0.15, -0.1) is 0 Å². The minimum absolute atomic E-state index is 0.0406. The second-order valence-electron chi connectivity index (χ2n) is 5.86. The Morgan fingerprint density at radius 1 is 0.923 bits per heavy atom. The fraction of sp³-hybridized carbons (Fsp3) is 0.222. The Bertz CT molecular complexity index is 787. The monoisotopic (exact) mass is 365 g/mol. The van der Waals surface area contributed by atoms with Gasteiger partial charge in [0.05, 0.1) is 5.56 Å². The van der Waals surface area contributed by atoms with Crippen molar-refractivity contribution in [3.8, 4) is 0 Å². The van der Waals surface area contributed by atoms with Gasteiger partial charge in [0.25, 0.3) is 5.91 Å². The van der Waals surface area contributed by atoms with E-state index in [1.54, 1.807) is 12.1 Å². The first-order valence-electron chi connectivity index (χ1n) is 7.81. The fourth-order valence-electron chi connectivity index (χ4n) is 2.11. The van der Waals surface area contributed by atoms with Crippen molar-refractivity contribution in [1.82, 2.24) is 5.32 Å². The van der Waals surface area contributed by atoms with Gasteiger partial charge in [-0.2, -0.15) is 13.2 Å². The maximum absolute atomic E-state index is 12.5. The normalized spacial score (nSPS) is 11.2. The van der Waals surface area contributed by atoms with E-state index < -0.39 is 23.7 Å². The molecule has 0 saturated heterocycles. The van der Waals surface area contributed by atoms with E-state index in [2.05, 4.69) is 16.0 Å². The molecule has 3 N–H and O–H groups in total. The Morgan fingerprint density at radius 2 is 1.58 bits per heavy atom. The number of amides is 3. The largest absolute Gasteiger partial charge is 0.416 e. The van der Waals surface area contributed by atoms with Crippen LogP contribution >= 0.6 is 0 Å². The van der Waals surface area contributed by atoms with Gasteiger partial charge in [0.1, 0.15) is 0 Å². The summed E-state index contributed by atoms with van der Waals surface area (Å²) in [6, 6.07) is 9.92. The van der Waals surface area contributed by atoms with Crippen LogP contribution in [0.2, 0.25) is 0 Å². The minimum atomic E-state index is -4.43. The molecule has 0 bridgehead atoms. The molecular weight excluding hydrogens is 347 g/mol. The average Bonchev–Trinajstić information content (AvgIpc) is 2.54. The van der Waals surface area contributed by atoms with Crippen LogP contribution in [0.3, 0.4) is 0 Å². The molecule has 0 aromatic heterocycles. The van der Waals surface area contributed by atoms with Crippen LogP contribution in [0.1, 0.15) is 29.8 Å². The number of hydrogen-bond donors (Lipinski definition) is 3. The molecule has 0 atom stereocenters. The maximum Gasteiger partial charge on any atom is 0.416 e. The Hall–Kier alpha value is -3.03. The van der Waals surface area contributed by atoms with E-state index in [4.69, 9.17) is 0 Å². The van der Waals surface area contributed by atoms with Gasteiger partial charge in [-0.3, -0.25) is 4.79 Å². The Kier molecular flexibility index (Phi) is 5.86. The molecule has 3 amide bonds. The lowest BCUT2D eigenvalue weighted by atomic mass is 10.1. The molecule has 0 heterocycles. The van der Waals surface area contributed by atoms with Crippen LogP contribution in [0, 0.1) is 0 Å². The zero-order chi connectivity index (χ0) is 19.3. The van der Waals surface area contributed by atoms with Crippen LogP contribution in [0.25, 0.3) is 0 Å². The molecular formula is C18H18F3N3O2. The standard InChI is InChI=1S/C18H18F3N3O2/c1-11(2)22-17(26)24-15-5-3-4-12(10-15)16(25)23-14-8-6-13(7-9-14)18(19,20)21/h3-11H,1-2H3,(H,23,25)(H2,22,24,26). The highest BCUT2D eigenvalue weighted by atomic mass is 19.4. The molecule has 0 aliphatic rings. The van der Waals surface area contributed by atoms with Gasteiger partial charge in [-0.1, -0.05) is 6.07 Å². The second kappa shape index (κ2) is 7.90. The Labute approximate surface area is 148 Å². The minimum Gasteiger partial charge on any atom is -0.336 e. The lowest BCUT2D eigenvalue weighted by molar-refractivity contribution is -0.137. The summed E-state index contributed by atoms with van der Waals surface area (Å²) in [5.41, 5.74) is 0.118. The molecule has 0 radical (unpaired) electrons. The fourth-order valence-corrected chi connectivity index (χ4v) is 2.11. The number of carbonyl (C=O) groups is 2. The van der Waals surface area contributed by atoms with Gasteiger partial charge < -0.3 is 16.0 Å². The Balaban J connectivity index is 2.05. The molecule has 8 heteroatoms. The van der Waals surface area contributed by atoms with Crippen LogP contribution in [0.4, 0.5) is 29.3 Å². The summed E-state index contributed by atoms with van der Waals surface area (Å²) in [7, 11) is 0. The summed E-state index contributed by atoms with van der Waals surface area (Å²) in [5, 5.41) is 7.77. The van der Waals surface area contributed by atoms with Crippen molar-refractivity contribution >= 4 is 23.3 Å². The zero-order valence-electron chi connectivity index (χ0n) is 14.1. The van der Waals surface area contributed by atoms with Gasteiger partial charge in [-0.25, -0.2) is 4.79 Å². The first kappa shape index (κ1) is 19.3. The molecule has 0 spiro atoms. The van der Waals surface area contributed by atoms with E-state index in [1.165, 1.54) is 24.3 Å². The van der Waals surface area contributed by atoms with E-state index in [-0.39, 0.29) is 17.3 Å². The third-order valence-corrected chi connectivity index (χ3v) is 3.27. The highest BCUT2D eigenvalue weighted by Crippen LogP contribution is 2.29. The van der Waals surface area contributed by atoms with Crippen molar-refractivity contribution in [3.05, 3.63) is 59.7 Å². The van der Waals surface area contributed by atoms with Crippen LogP contribution in [-0.4, -0.2) is 18.0 Å². The summed E-state index contributed by atoms with van der Waals surface area (Å²) in [5.74, 6) is -0.502. The number of hydrogen-bond acceptors (Lipinski definition) is 2. The second-order valence-corrected chi connectivity index (χ2v) is 5.86. The highest BCUT2D eigenvalue weighted by molar-refractivity contribution is 6.05. The number of halogens is 3. The first-order valence-corrected chi connectivity index (χ1v) is 7.81. The lowest BCUT2D eigenvalue weighted by Gasteiger charge is -2.11. The summed E-state index contributed by atoms with van der Waals surface area (Å²) in [4.78, 5) is 23.9. The highest BCUT2D eigenvalue weighted by Gasteiger charge is 2.30. The van der Waals surface area contributed by atoms with E-state index >= 15 is 0 Å². The van der Waals surface area contributed by atoms with Crippen molar-refractivity contribution in [2.75, 3.05) is 10.6 Å². The van der Waals surface area contributed by atoms with Crippen molar-refractivity contribution in [2.45, 2.75) is 26.1 Å². The third-order valence-electron chi connectivity index (χ3n) is 3.27. The van der Waals surface area contributed by atoms with E-state index in [0.717, 1.165) is 12.1 Å². The summed E-state index contributed by atoms with van der Waals surface area (Å²) in [6.45, 7) is 3.63. The van der Waals surface area contributed by atoms with Crippen molar-refractivity contribution in [1.29, 1.82) is 0 Å².